The van der Waals surface area contributed by atoms with E-state index in [0.29, 0.717) is 47.3 Å². The predicted molar refractivity (Wildman–Crippen MR) is 114 cm³/mol. The Bertz CT molecular complexity index is 1310. The number of carbonyl (C=O) groups excluding carboxylic acids is 1. The molecular weight excluding hydrogens is 450 g/mol. The Kier molecular flexibility index (Phi) is 5.22. The molecule has 5 rings (SSSR count). The highest BCUT2D eigenvalue weighted by Gasteiger charge is 2.33. The Hall–Kier alpha value is -3.57. The molecule has 172 valence electrons. The van der Waals surface area contributed by atoms with Gasteiger partial charge >= 0.3 is 0 Å². The van der Waals surface area contributed by atoms with Crippen LogP contribution in [0.5, 0.6) is 17.2 Å². The minimum absolute atomic E-state index is 0.0225. The van der Waals surface area contributed by atoms with Crippen LogP contribution in [0.2, 0.25) is 0 Å². The van der Waals surface area contributed by atoms with Crippen molar-refractivity contribution in [1.29, 1.82) is 0 Å². The molecule has 0 radical (unpaired) electrons. The second-order valence-corrected chi connectivity index (χ2v) is 9.45. The Labute approximate surface area is 190 Å². The van der Waals surface area contributed by atoms with E-state index in [-0.39, 0.29) is 18.0 Å². The molecule has 0 saturated carbocycles. The lowest BCUT2D eigenvalue weighted by atomic mass is 10.1. The summed E-state index contributed by atoms with van der Waals surface area (Å²) in [5.41, 5.74) is 1.47. The lowest BCUT2D eigenvalue weighted by molar-refractivity contribution is -0.141. The van der Waals surface area contributed by atoms with Gasteiger partial charge in [-0.25, -0.2) is 0 Å². The number of nitrogens with zero attached hydrogens (tertiary/aromatic N) is 3. The smallest absolute Gasteiger partial charge is 0.283 e. The number of benzene rings is 2. The van der Waals surface area contributed by atoms with Gasteiger partial charge in [0.05, 0.1) is 24.2 Å². The number of hydrogen-bond acceptors (Lipinski definition) is 8. The molecule has 0 spiro atoms. The largest absolute Gasteiger partial charge is 0.497 e. The van der Waals surface area contributed by atoms with Gasteiger partial charge in [-0.05, 0) is 29.8 Å². The second kappa shape index (κ2) is 8.09. The van der Waals surface area contributed by atoms with Crippen molar-refractivity contribution in [3.05, 3.63) is 65.5 Å². The average molecular weight is 471 g/mol. The quantitative estimate of drug-likeness (QED) is 0.594. The molecular formula is C22H21N3O7S. The molecule has 0 aliphatic carbocycles. The van der Waals surface area contributed by atoms with Gasteiger partial charge in [-0.3, -0.25) is 4.79 Å². The minimum Gasteiger partial charge on any atom is -0.497 e. The van der Waals surface area contributed by atoms with E-state index in [9.17, 15) is 18.3 Å². The highest BCUT2D eigenvalue weighted by molar-refractivity contribution is 7.89. The maximum atomic E-state index is 13.1. The number of amides is 1. The van der Waals surface area contributed by atoms with E-state index in [1.165, 1.54) is 30.3 Å². The summed E-state index contributed by atoms with van der Waals surface area (Å²) in [6, 6.07) is 11.1. The van der Waals surface area contributed by atoms with Gasteiger partial charge < -0.3 is 24.2 Å². The van der Waals surface area contributed by atoms with E-state index in [4.69, 9.17) is 14.2 Å². The molecule has 1 amide bonds. The van der Waals surface area contributed by atoms with Gasteiger partial charge in [-0.1, -0.05) is 12.1 Å². The Morgan fingerprint density at radius 1 is 1.12 bits per heavy atom. The first kappa shape index (κ1) is 21.3. The molecule has 1 aromatic heterocycles. The SMILES string of the molecule is COc1cccc([C@H](O)C(=O)N2Cc3cn(S(=O)(=O)c4ccc5c(c4)OCCO5)nc3C2)c1. The summed E-state index contributed by atoms with van der Waals surface area (Å²) in [5, 5.41) is 14.7. The standard InChI is InChI=1S/C22H21N3O7S/c1-30-16-4-2-3-14(9-16)21(26)22(27)24-11-15-12-25(23-18(15)13-24)33(28,29)17-5-6-19-20(10-17)32-8-7-31-19/h2-6,9-10,12,21,26H,7-8,11,13H2,1H3/t21-/m0/s1. The number of hydrogen-bond donors (Lipinski definition) is 1. The Morgan fingerprint density at radius 2 is 1.91 bits per heavy atom. The van der Waals surface area contributed by atoms with E-state index in [1.807, 2.05) is 0 Å². The molecule has 3 aromatic rings. The van der Waals surface area contributed by atoms with Crippen molar-refractivity contribution in [1.82, 2.24) is 14.1 Å². The number of aromatic nitrogens is 2. The Morgan fingerprint density at radius 3 is 2.67 bits per heavy atom. The molecule has 11 heteroatoms. The van der Waals surface area contributed by atoms with E-state index >= 15 is 0 Å². The van der Waals surface area contributed by atoms with Crippen LogP contribution in [0, 0.1) is 0 Å². The van der Waals surface area contributed by atoms with Crippen LogP contribution in [0.15, 0.2) is 53.6 Å². The van der Waals surface area contributed by atoms with E-state index in [2.05, 4.69) is 5.10 Å². The van der Waals surface area contributed by atoms with Crippen LogP contribution in [0.25, 0.3) is 0 Å². The van der Waals surface area contributed by atoms with Gasteiger partial charge in [0.15, 0.2) is 17.6 Å². The summed E-state index contributed by atoms with van der Waals surface area (Å²) in [6.07, 6.45) is 0.0323. The zero-order valence-corrected chi connectivity index (χ0v) is 18.5. The van der Waals surface area contributed by atoms with Gasteiger partial charge in [0.25, 0.3) is 15.9 Å². The molecule has 2 aromatic carbocycles. The lowest BCUT2D eigenvalue weighted by Gasteiger charge is -2.20. The number of methoxy groups -OCH3 is 1. The third-order valence-electron chi connectivity index (χ3n) is 5.57. The number of fused-ring (bicyclic) bond motifs is 2. The van der Waals surface area contributed by atoms with Crippen molar-refractivity contribution in [2.45, 2.75) is 24.1 Å². The third-order valence-corrected chi connectivity index (χ3v) is 7.10. The van der Waals surface area contributed by atoms with Crippen LogP contribution in [0.4, 0.5) is 0 Å². The molecule has 0 unspecified atom stereocenters. The van der Waals surface area contributed by atoms with Gasteiger partial charge in [0.1, 0.15) is 19.0 Å². The average Bonchev–Trinajstić information content (AvgIpc) is 3.43. The monoisotopic (exact) mass is 471 g/mol. The van der Waals surface area contributed by atoms with Crippen molar-refractivity contribution in [3.63, 3.8) is 0 Å². The van der Waals surface area contributed by atoms with E-state index in [0.717, 1.165) is 4.09 Å². The first-order valence-corrected chi connectivity index (χ1v) is 11.6. The Balaban J connectivity index is 1.33. The summed E-state index contributed by atoms with van der Waals surface area (Å²) in [4.78, 5) is 14.3. The number of rotatable bonds is 5. The number of aliphatic hydroxyl groups excluding tert-OH is 1. The molecule has 33 heavy (non-hydrogen) atoms. The third kappa shape index (κ3) is 3.79. The number of carbonyl (C=O) groups is 1. The van der Waals surface area contributed by atoms with E-state index < -0.39 is 22.0 Å². The van der Waals surface area contributed by atoms with Crippen molar-refractivity contribution in [2.75, 3.05) is 20.3 Å². The van der Waals surface area contributed by atoms with Crippen LogP contribution in [-0.4, -0.2) is 53.8 Å². The normalized spacial score (nSPS) is 15.8. The summed E-state index contributed by atoms with van der Waals surface area (Å²) >= 11 is 0. The summed E-state index contributed by atoms with van der Waals surface area (Å²) in [5.74, 6) is 0.893. The maximum Gasteiger partial charge on any atom is 0.283 e. The first-order chi connectivity index (χ1) is 15.9. The van der Waals surface area contributed by atoms with Crippen molar-refractivity contribution >= 4 is 15.9 Å². The zero-order valence-electron chi connectivity index (χ0n) is 17.7. The van der Waals surface area contributed by atoms with Gasteiger partial charge in [0, 0.05) is 24.4 Å². The van der Waals surface area contributed by atoms with Crippen molar-refractivity contribution < 1.29 is 32.5 Å². The highest BCUT2D eigenvalue weighted by atomic mass is 32.2. The topological polar surface area (TPSA) is 120 Å². The molecule has 2 aliphatic rings. The fraction of sp³-hybridized carbons (Fsp3) is 0.273. The number of aliphatic hydroxyl groups is 1. The summed E-state index contributed by atoms with van der Waals surface area (Å²) < 4.78 is 43.1. The van der Waals surface area contributed by atoms with Crippen molar-refractivity contribution in [3.8, 4) is 17.2 Å². The maximum absolute atomic E-state index is 13.1. The van der Waals surface area contributed by atoms with E-state index in [1.54, 1.807) is 30.3 Å². The molecule has 2 aliphatic heterocycles. The van der Waals surface area contributed by atoms with Crippen LogP contribution in [0.3, 0.4) is 0 Å². The van der Waals surface area contributed by atoms with Crippen LogP contribution in [0.1, 0.15) is 22.9 Å². The summed E-state index contributed by atoms with van der Waals surface area (Å²) in [7, 11) is -2.45. The minimum atomic E-state index is -3.95. The van der Waals surface area contributed by atoms with Gasteiger partial charge in [-0.15, -0.1) is 0 Å². The molecule has 0 fully saturated rings. The molecule has 0 bridgehead atoms. The molecule has 3 heterocycles. The molecule has 10 nitrogen and oxygen atoms in total. The van der Waals surface area contributed by atoms with Crippen LogP contribution < -0.4 is 14.2 Å². The molecule has 1 N–H and O–H groups in total. The summed E-state index contributed by atoms with van der Waals surface area (Å²) in [6.45, 7) is 0.995. The predicted octanol–water partition coefficient (Wildman–Crippen LogP) is 1.48. The first-order valence-electron chi connectivity index (χ1n) is 10.2. The number of ether oxygens (including phenoxy) is 3. The molecule has 0 saturated heterocycles. The van der Waals surface area contributed by atoms with Crippen LogP contribution in [-0.2, 0) is 27.9 Å². The van der Waals surface area contributed by atoms with Crippen LogP contribution >= 0.6 is 0 Å². The zero-order chi connectivity index (χ0) is 23.2. The molecule has 1 atom stereocenters. The van der Waals surface area contributed by atoms with Gasteiger partial charge in [0.2, 0.25) is 0 Å². The fourth-order valence-electron chi connectivity index (χ4n) is 3.83. The fourth-order valence-corrected chi connectivity index (χ4v) is 5.01. The highest BCUT2D eigenvalue weighted by Crippen LogP contribution is 2.33. The van der Waals surface area contributed by atoms with Gasteiger partial charge in [-0.2, -0.15) is 17.6 Å². The van der Waals surface area contributed by atoms with Crippen molar-refractivity contribution in [2.24, 2.45) is 0 Å². The second-order valence-electron chi connectivity index (χ2n) is 7.66. The lowest BCUT2D eigenvalue weighted by Crippen LogP contribution is -2.31.